The molecule has 3 heteroatoms. The highest BCUT2D eigenvalue weighted by Gasteiger charge is 2.47. The second-order valence-electron chi connectivity index (χ2n) is 5.75. The Morgan fingerprint density at radius 2 is 2.07 bits per heavy atom. The van der Waals surface area contributed by atoms with Gasteiger partial charge < -0.3 is 5.11 Å². The normalized spacial score (nSPS) is 19.3. The third kappa shape index (κ3) is 1.69. The van der Waals surface area contributed by atoms with Crippen molar-refractivity contribution in [2.24, 2.45) is 7.05 Å². The highest BCUT2D eigenvalue weighted by molar-refractivity contribution is 5.36. The first-order valence-corrected chi connectivity index (χ1v) is 5.54. The van der Waals surface area contributed by atoms with Crippen molar-refractivity contribution in [2.45, 2.75) is 44.4 Å². The van der Waals surface area contributed by atoms with Gasteiger partial charge in [-0.15, -0.1) is 0 Å². The van der Waals surface area contributed by atoms with Crippen molar-refractivity contribution in [1.82, 2.24) is 9.78 Å². The second kappa shape index (κ2) is 3.08. The van der Waals surface area contributed by atoms with E-state index in [0.29, 0.717) is 0 Å². The van der Waals surface area contributed by atoms with Crippen LogP contribution in [0.3, 0.4) is 0 Å². The van der Waals surface area contributed by atoms with Crippen molar-refractivity contribution in [2.75, 3.05) is 6.61 Å². The van der Waals surface area contributed by atoms with Crippen LogP contribution in [0, 0.1) is 0 Å². The summed E-state index contributed by atoms with van der Waals surface area (Å²) in [4.78, 5) is 0. The van der Waals surface area contributed by atoms with E-state index in [1.807, 2.05) is 11.7 Å². The van der Waals surface area contributed by atoms with Crippen LogP contribution >= 0.6 is 0 Å². The molecule has 0 aromatic carbocycles. The summed E-state index contributed by atoms with van der Waals surface area (Å²) in [5, 5.41) is 14.0. The number of aryl methyl sites for hydroxylation is 1. The van der Waals surface area contributed by atoms with Crippen LogP contribution in [0.15, 0.2) is 6.20 Å². The van der Waals surface area contributed by atoms with Crippen molar-refractivity contribution in [3.63, 3.8) is 0 Å². The summed E-state index contributed by atoms with van der Waals surface area (Å²) < 4.78 is 1.87. The van der Waals surface area contributed by atoms with Gasteiger partial charge in [0.1, 0.15) is 0 Å². The third-order valence-electron chi connectivity index (χ3n) is 3.27. The highest BCUT2D eigenvalue weighted by atomic mass is 16.3. The molecule has 3 nitrogen and oxygen atoms in total. The monoisotopic (exact) mass is 208 g/mol. The summed E-state index contributed by atoms with van der Waals surface area (Å²) in [6.45, 7) is 6.77. The zero-order valence-corrected chi connectivity index (χ0v) is 10.0. The first-order chi connectivity index (χ1) is 6.89. The minimum absolute atomic E-state index is 0.0247. The lowest BCUT2D eigenvalue weighted by Crippen LogP contribution is -2.20. The van der Waals surface area contributed by atoms with Gasteiger partial charge in [0.2, 0.25) is 0 Å². The molecule has 1 saturated carbocycles. The average molecular weight is 208 g/mol. The average Bonchev–Trinajstić information content (AvgIpc) is 2.82. The first kappa shape index (κ1) is 10.7. The molecule has 0 saturated heterocycles. The number of hydrogen-bond donors (Lipinski definition) is 1. The molecule has 1 heterocycles. The number of hydrogen-bond acceptors (Lipinski definition) is 2. The summed E-state index contributed by atoms with van der Waals surface area (Å²) in [7, 11) is 1.95. The van der Waals surface area contributed by atoms with E-state index in [9.17, 15) is 5.11 Å². The molecule has 1 aliphatic rings. The Labute approximate surface area is 91.1 Å². The highest BCUT2D eigenvalue weighted by Crippen LogP contribution is 2.50. The zero-order valence-electron chi connectivity index (χ0n) is 10.0. The Balaban J connectivity index is 2.47. The van der Waals surface area contributed by atoms with Crippen LogP contribution < -0.4 is 0 Å². The van der Waals surface area contributed by atoms with Gasteiger partial charge in [-0.05, 0) is 12.8 Å². The van der Waals surface area contributed by atoms with Gasteiger partial charge in [0.25, 0.3) is 0 Å². The molecule has 0 radical (unpaired) electrons. The Bertz CT molecular complexity index is 369. The summed E-state index contributed by atoms with van der Waals surface area (Å²) in [5.41, 5.74) is 2.47. The van der Waals surface area contributed by atoms with E-state index < -0.39 is 0 Å². The zero-order chi connectivity index (χ0) is 11.3. The number of aliphatic hydroxyl groups excluding tert-OH is 1. The van der Waals surface area contributed by atoms with Gasteiger partial charge in [-0.1, -0.05) is 20.8 Å². The number of rotatable bonds is 2. The molecular formula is C12H20N2O. The maximum absolute atomic E-state index is 9.47. The van der Waals surface area contributed by atoms with Gasteiger partial charge in [-0.2, -0.15) is 5.10 Å². The summed E-state index contributed by atoms with van der Waals surface area (Å²) in [6, 6.07) is 0. The lowest BCUT2D eigenvalue weighted by molar-refractivity contribution is 0.253. The molecule has 1 fully saturated rings. The van der Waals surface area contributed by atoms with E-state index in [-0.39, 0.29) is 17.4 Å². The predicted molar refractivity (Wildman–Crippen MR) is 59.9 cm³/mol. The molecule has 1 aliphatic carbocycles. The molecule has 84 valence electrons. The van der Waals surface area contributed by atoms with Crippen LogP contribution in [-0.4, -0.2) is 21.5 Å². The van der Waals surface area contributed by atoms with E-state index in [1.54, 1.807) is 0 Å². The molecule has 0 spiro atoms. The molecule has 0 atom stereocenters. The molecule has 0 aliphatic heterocycles. The fraction of sp³-hybridized carbons (Fsp3) is 0.750. The van der Waals surface area contributed by atoms with Gasteiger partial charge in [0, 0.05) is 29.6 Å². The van der Waals surface area contributed by atoms with Crippen molar-refractivity contribution in [3.8, 4) is 0 Å². The first-order valence-electron chi connectivity index (χ1n) is 5.54. The second-order valence-corrected chi connectivity index (χ2v) is 5.75. The van der Waals surface area contributed by atoms with Crippen molar-refractivity contribution < 1.29 is 5.11 Å². The lowest BCUT2D eigenvalue weighted by atomic mass is 9.84. The van der Waals surface area contributed by atoms with E-state index >= 15 is 0 Å². The predicted octanol–water partition coefficient (Wildman–Crippen LogP) is 1.74. The topological polar surface area (TPSA) is 38.0 Å². The van der Waals surface area contributed by atoms with Crippen LogP contribution in [0.25, 0.3) is 0 Å². The quantitative estimate of drug-likeness (QED) is 0.804. The van der Waals surface area contributed by atoms with Gasteiger partial charge in [0.05, 0.1) is 12.3 Å². The van der Waals surface area contributed by atoms with Crippen LogP contribution in [0.2, 0.25) is 0 Å². The molecule has 2 rings (SSSR count). The smallest absolute Gasteiger partial charge is 0.0716 e. The van der Waals surface area contributed by atoms with Crippen LogP contribution in [0.4, 0.5) is 0 Å². The van der Waals surface area contributed by atoms with Crippen LogP contribution in [-0.2, 0) is 17.9 Å². The maximum Gasteiger partial charge on any atom is 0.0716 e. The molecular weight excluding hydrogens is 188 g/mol. The molecule has 0 bridgehead atoms. The van der Waals surface area contributed by atoms with E-state index in [1.165, 1.54) is 5.56 Å². The molecule has 1 N–H and O–H groups in total. The summed E-state index contributed by atoms with van der Waals surface area (Å²) in [5.74, 6) is 0. The van der Waals surface area contributed by atoms with E-state index in [4.69, 9.17) is 0 Å². The molecule has 1 aromatic heterocycles. The Morgan fingerprint density at radius 1 is 1.47 bits per heavy atom. The summed E-state index contributed by atoms with van der Waals surface area (Å²) in [6.07, 6.45) is 4.26. The van der Waals surface area contributed by atoms with Crippen molar-refractivity contribution in [1.29, 1.82) is 0 Å². The van der Waals surface area contributed by atoms with Crippen LogP contribution in [0.5, 0.6) is 0 Å². The van der Waals surface area contributed by atoms with E-state index in [0.717, 1.165) is 18.5 Å². The van der Waals surface area contributed by atoms with Gasteiger partial charge >= 0.3 is 0 Å². The fourth-order valence-corrected chi connectivity index (χ4v) is 2.09. The van der Waals surface area contributed by atoms with Crippen molar-refractivity contribution >= 4 is 0 Å². The number of aliphatic hydroxyl groups is 1. The minimum atomic E-state index is 0.0247. The largest absolute Gasteiger partial charge is 0.395 e. The van der Waals surface area contributed by atoms with Gasteiger partial charge in [-0.25, -0.2) is 0 Å². The molecule has 15 heavy (non-hydrogen) atoms. The Kier molecular flexibility index (Phi) is 2.19. The number of aromatic nitrogens is 2. The third-order valence-corrected chi connectivity index (χ3v) is 3.27. The maximum atomic E-state index is 9.47. The molecule has 1 aromatic rings. The van der Waals surface area contributed by atoms with Gasteiger partial charge in [-0.3, -0.25) is 4.68 Å². The van der Waals surface area contributed by atoms with Gasteiger partial charge in [0.15, 0.2) is 0 Å². The molecule has 0 amide bonds. The standard InChI is InChI=1S/C12H20N2O/c1-11(2,3)10-9(7-14(4)13-10)12(8-15)5-6-12/h7,15H,5-6,8H2,1-4H3. The van der Waals surface area contributed by atoms with Crippen LogP contribution in [0.1, 0.15) is 44.9 Å². The van der Waals surface area contributed by atoms with E-state index in [2.05, 4.69) is 32.1 Å². The minimum Gasteiger partial charge on any atom is -0.395 e. The molecule has 0 unspecified atom stereocenters. The lowest BCUT2D eigenvalue weighted by Gasteiger charge is -2.21. The Morgan fingerprint density at radius 3 is 2.47 bits per heavy atom. The SMILES string of the molecule is Cn1cc(C2(CO)CC2)c(C(C)(C)C)n1. The van der Waals surface area contributed by atoms with Crippen molar-refractivity contribution in [3.05, 3.63) is 17.5 Å². The number of nitrogens with zero attached hydrogens (tertiary/aromatic N) is 2. The summed E-state index contributed by atoms with van der Waals surface area (Å²) >= 11 is 0. The Hall–Kier alpha value is -0.830. The fourth-order valence-electron chi connectivity index (χ4n) is 2.09.